The summed E-state index contributed by atoms with van der Waals surface area (Å²) in [6.07, 6.45) is 0. The maximum Gasteiger partial charge on any atom is 0.255 e. The summed E-state index contributed by atoms with van der Waals surface area (Å²) >= 11 is 3.43. The van der Waals surface area contributed by atoms with Crippen LogP contribution in [0, 0.1) is 6.92 Å². The monoisotopic (exact) mass is 332 g/mol. The van der Waals surface area contributed by atoms with Crippen molar-refractivity contribution in [3.8, 4) is 0 Å². The second kappa shape index (κ2) is 6.09. The van der Waals surface area contributed by atoms with Crippen molar-refractivity contribution < 1.29 is 4.79 Å². The van der Waals surface area contributed by atoms with E-state index in [1.54, 1.807) is 0 Å². The number of nitrogens with zero attached hydrogens (tertiary/aromatic N) is 1. The van der Waals surface area contributed by atoms with Gasteiger partial charge in [0.05, 0.1) is 0 Å². The quantitative estimate of drug-likeness (QED) is 0.918. The van der Waals surface area contributed by atoms with Crippen molar-refractivity contribution in [3.63, 3.8) is 0 Å². The van der Waals surface area contributed by atoms with Crippen LogP contribution in [-0.2, 0) is 0 Å². The zero-order chi connectivity index (χ0) is 14.7. The van der Waals surface area contributed by atoms with Gasteiger partial charge in [0, 0.05) is 35.5 Å². The Balaban J connectivity index is 2.21. The molecule has 0 atom stereocenters. The third kappa shape index (κ3) is 3.61. The molecule has 2 rings (SSSR count). The van der Waals surface area contributed by atoms with E-state index in [4.69, 9.17) is 0 Å². The first-order chi connectivity index (χ1) is 9.45. The highest BCUT2D eigenvalue weighted by atomic mass is 79.9. The maximum atomic E-state index is 12.3. The number of benzene rings is 2. The molecule has 3 nitrogen and oxygen atoms in total. The van der Waals surface area contributed by atoms with Crippen LogP contribution >= 0.6 is 15.9 Å². The van der Waals surface area contributed by atoms with Crippen molar-refractivity contribution in [2.24, 2.45) is 0 Å². The highest BCUT2D eigenvalue weighted by Crippen LogP contribution is 2.20. The average Bonchev–Trinajstić information content (AvgIpc) is 2.37. The summed E-state index contributed by atoms with van der Waals surface area (Å²) in [5.41, 5.74) is 3.53. The van der Waals surface area contributed by atoms with Crippen molar-refractivity contribution in [3.05, 3.63) is 58.1 Å². The number of hydrogen-bond acceptors (Lipinski definition) is 2. The first-order valence-corrected chi connectivity index (χ1v) is 7.11. The molecule has 0 aromatic heterocycles. The van der Waals surface area contributed by atoms with Gasteiger partial charge in [-0.1, -0.05) is 22.0 Å². The first kappa shape index (κ1) is 14.6. The molecule has 20 heavy (non-hydrogen) atoms. The fraction of sp³-hybridized carbons (Fsp3) is 0.188. The van der Waals surface area contributed by atoms with Gasteiger partial charge in [0.2, 0.25) is 0 Å². The number of carbonyl (C=O) groups excluding carboxylic acids is 1. The number of rotatable bonds is 3. The van der Waals surface area contributed by atoms with Crippen molar-refractivity contribution in [2.75, 3.05) is 24.3 Å². The lowest BCUT2D eigenvalue weighted by molar-refractivity contribution is 0.102. The number of hydrogen-bond donors (Lipinski definition) is 1. The molecule has 1 amide bonds. The second-order valence-corrected chi connectivity index (χ2v) is 5.83. The highest BCUT2D eigenvalue weighted by molar-refractivity contribution is 9.10. The Labute approximate surface area is 127 Å². The molecule has 2 aromatic rings. The fourth-order valence-electron chi connectivity index (χ4n) is 1.94. The van der Waals surface area contributed by atoms with E-state index in [2.05, 4.69) is 21.2 Å². The molecule has 0 aliphatic carbocycles. The molecule has 0 aliphatic rings. The van der Waals surface area contributed by atoms with Gasteiger partial charge < -0.3 is 10.2 Å². The van der Waals surface area contributed by atoms with E-state index >= 15 is 0 Å². The molecular formula is C16H17BrN2O. The number of carbonyl (C=O) groups is 1. The van der Waals surface area contributed by atoms with Gasteiger partial charge in [0.1, 0.15) is 0 Å². The summed E-state index contributed by atoms with van der Waals surface area (Å²) in [5, 5.41) is 2.92. The molecule has 104 valence electrons. The number of anilines is 2. The molecule has 0 fully saturated rings. The average molecular weight is 333 g/mol. The van der Waals surface area contributed by atoms with Gasteiger partial charge in [-0.25, -0.2) is 0 Å². The van der Waals surface area contributed by atoms with Crippen LogP contribution in [0.4, 0.5) is 11.4 Å². The molecule has 0 bridgehead atoms. The zero-order valence-electron chi connectivity index (χ0n) is 11.8. The summed E-state index contributed by atoms with van der Waals surface area (Å²) in [6, 6.07) is 13.4. The van der Waals surface area contributed by atoms with Gasteiger partial charge in [0.25, 0.3) is 5.91 Å². The topological polar surface area (TPSA) is 32.3 Å². The highest BCUT2D eigenvalue weighted by Gasteiger charge is 2.08. The predicted molar refractivity (Wildman–Crippen MR) is 87.6 cm³/mol. The Hall–Kier alpha value is -1.81. The molecule has 0 spiro atoms. The Bertz CT molecular complexity index is 618. The van der Waals surface area contributed by atoms with Gasteiger partial charge >= 0.3 is 0 Å². The third-order valence-corrected chi connectivity index (χ3v) is 3.38. The smallest absolute Gasteiger partial charge is 0.255 e. The van der Waals surface area contributed by atoms with E-state index < -0.39 is 0 Å². The van der Waals surface area contributed by atoms with Crippen LogP contribution in [0.2, 0.25) is 0 Å². The van der Waals surface area contributed by atoms with E-state index in [9.17, 15) is 4.79 Å². The van der Waals surface area contributed by atoms with Crippen molar-refractivity contribution in [1.29, 1.82) is 0 Å². The lowest BCUT2D eigenvalue weighted by atomic mass is 10.1. The van der Waals surface area contributed by atoms with E-state index in [1.165, 1.54) is 0 Å². The van der Waals surface area contributed by atoms with Gasteiger partial charge in [-0.2, -0.15) is 0 Å². The normalized spacial score (nSPS) is 10.2. The fourth-order valence-corrected chi connectivity index (χ4v) is 2.54. The minimum atomic E-state index is -0.105. The molecule has 4 heteroatoms. The summed E-state index contributed by atoms with van der Waals surface area (Å²) in [7, 11) is 3.91. The third-order valence-electron chi connectivity index (χ3n) is 2.92. The van der Waals surface area contributed by atoms with E-state index in [1.807, 2.05) is 68.4 Å². The van der Waals surface area contributed by atoms with Crippen molar-refractivity contribution >= 4 is 33.2 Å². The largest absolute Gasteiger partial charge is 0.378 e. The Kier molecular flexibility index (Phi) is 4.45. The first-order valence-electron chi connectivity index (χ1n) is 6.31. The van der Waals surface area contributed by atoms with E-state index in [0.717, 1.165) is 21.4 Å². The number of nitrogens with one attached hydrogen (secondary N) is 1. The molecule has 0 saturated carbocycles. The van der Waals surface area contributed by atoms with Crippen LogP contribution in [0.1, 0.15) is 15.9 Å². The van der Waals surface area contributed by atoms with Crippen LogP contribution in [0.5, 0.6) is 0 Å². The molecule has 0 unspecified atom stereocenters. The van der Waals surface area contributed by atoms with Gasteiger partial charge in [0.15, 0.2) is 0 Å². The molecule has 1 N–H and O–H groups in total. The van der Waals surface area contributed by atoms with Crippen LogP contribution in [0.15, 0.2) is 46.9 Å². The number of amides is 1. The summed E-state index contributed by atoms with van der Waals surface area (Å²) in [4.78, 5) is 14.2. The molecule has 0 radical (unpaired) electrons. The van der Waals surface area contributed by atoms with Crippen LogP contribution < -0.4 is 10.2 Å². The second-order valence-electron chi connectivity index (χ2n) is 4.92. The van der Waals surface area contributed by atoms with Gasteiger partial charge in [-0.05, 0) is 48.9 Å². The number of aryl methyl sites for hydroxylation is 1. The molecular weight excluding hydrogens is 316 g/mol. The Morgan fingerprint density at radius 3 is 2.55 bits per heavy atom. The molecule has 0 saturated heterocycles. The Morgan fingerprint density at radius 1 is 1.15 bits per heavy atom. The van der Waals surface area contributed by atoms with Gasteiger partial charge in [-0.15, -0.1) is 0 Å². The predicted octanol–water partition coefficient (Wildman–Crippen LogP) is 4.08. The molecule has 0 heterocycles. The molecule has 0 aliphatic heterocycles. The van der Waals surface area contributed by atoms with E-state index in [-0.39, 0.29) is 5.91 Å². The SMILES string of the molecule is Cc1cc(Br)cc(NC(=O)c2cccc(N(C)C)c2)c1. The number of halogens is 1. The summed E-state index contributed by atoms with van der Waals surface area (Å²) in [5.74, 6) is -0.105. The maximum absolute atomic E-state index is 12.3. The molecule has 2 aromatic carbocycles. The van der Waals surface area contributed by atoms with Crippen LogP contribution in [0.3, 0.4) is 0 Å². The zero-order valence-corrected chi connectivity index (χ0v) is 13.4. The minimum Gasteiger partial charge on any atom is -0.378 e. The van der Waals surface area contributed by atoms with Crippen molar-refractivity contribution in [2.45, 2.75) is 6.92 Å². The van der Waals surface area contributed by atoms with E-state index in [0.29, 0.717) is 5.56 Å². The van der Waals surface area contributed by atoms with Crippen LogP contribution in [0.25, 0.3) is 0 Å². The van der Waals surface area contributed by atoms with Crippen LogP contribution in [-0.4, -0.2) is 20.0 Å². The minimum absolute atomic E-state index is 0.105. The standard InChI is InChI=1S/C16H17BrN2O/c1-11-7-13(17)10-14(8-11)18-16(20)12-5-4-6-15(9-12)19(2)3/h4-10H,1-3H3,(H,18,20). The lowest BCUT2D eigenvalue weighted by Gasteiger charge is -2.13. The lowest BCUT2D eigenvalue weighted by Crippen LogP contribution is -2.14. The summed E-state index contributed by atoms with van der Waals surface area (Å²) < 4.78 is 0.954. The summed E-state index contributed by atoms with van der Waals surface area (Å²) in [6.45, 7) is 1.99. The Morgan fingerprint density at radius 2 is 1.90 bits per heavy atom. The van der Waals surface area contributed by atoms with Gasteiger partial charge in [-0.3, -0.25) is 4.79 Å². The van der Waals surface area contributed by atoms with Crippen molar-refractivity contribution in [1.82, 2.24) is 0 Å².